The molecule has 0 saturated carbocycles. The zero-order chi connectivity index (χ0) is 16.6. The lowest BCUT2D eigenvalue weighted by Crippen LogP contribution is -2.20. The Labute approximate surface area is 135 Å². The van der Waals surface area contributed by atoms with Gasteiger partial charge in [-0.3, -0.25) is 14.6 Å². The quantitative estimate of drug-likeness (QED) is 0.948. The number of hydrogen-bond donors (Lipinski definition) is 1. The highest BCUT2D eigenvalue weighted by Gasteiger charge is 2.24. The second-order valence-corrected chi connectivity index (χ2v) is 6.08. The summed E-state index contributed by atoms with van der Waals surface area (Å²) in [6, 6.07) is 7.84. The molecule has 23 heavy (non-hydrogen) atoms. The predicted octanol–water partition coefficient (Wildman–Crippen LogP) is 2.86. The predicted molar refractivity (Wildman–Crippen MR) is 90.3 cm³/mol. The minimum absolute atomic E-state index is 0.0369. The average Bonchev–Trinajstić information content (AvgIpc) is 2.81. The number of rotatable bonds is 3. The molecule has 0 bridgehead atoms. The highest BCUT2D eigenvalue weighted by molar-refractivity contribution is 6.01. The topological polar surface area (TPSA) is 62.3 Å². The van der Waals surface area contributed by atoms with Crippen molar-refractivity contribution in [2.45, 2.75) is 20.3 Å². The van der Waals surface area contributed by atoms with Crippen LogP contribution in [0.15, 0.2) is 36.7 Å². The molecule has 1 aromatic heterocycles. The van der Waals surface area contributed by atoms with Crippen molar-refractivity contribution in [1.82, 2.24) is 4.98 Å². The van der Waals surface area contributed by atoms with Gasteiger partial charge in [-0.1, -0.05) is 19.9 Å². The minimum Gasteiger partial charge on any atom is -0.324 e. The summed E-state index contributed by atoms with van der Waals surface area (Å²) in [7, 11) is 1.79. The van der Waals surface area contributed by atoms with Crippen LogP contribution in [0.3, 0.4) is 0 Å². The van der Waals surface area contributed by atoms with Gasteiger partial charge in [-0.05, 0) is 29.3 Å². The molecule has 1 aliphatic rings. The third-order valence-corrected chi connectivity index (χ3v) is 4.02. The summed E-state index contributed by atoms with van der Waals surface area (Å²) in [5, 5.41) is 2.85. The maximum absolute atomic E-state index is 11.8. The van der Waals surface area contributed by atoms with Crippen LogP contribution in [-0.2, 0) is 16.0 Å². The number of nitrogens with zero attached hydrogens (tertiary/aromatic N) is 2. The number of aromatic nitrogens is 1. The van der Waals surface area contributed by atoms with Crippen LogP contribution in [0.2, 0.25) is 0 Å². The van der Waals surface area contributed by atoms with Gasteiger partial charge in [0.25, 0.3) is 0 Å². The summed E-state index contributed by atoms with van der Waals surface area (Å²) in [4.78, 5) is 29.5. The normalized spacial score (nSPS) is 13.4. The van der Waals surface area contributed by atoms with Crippen LogP contribution in [-0.4, -0.2) is 23.8 Å². The Balaban J connectivity index is 1.90. The van der Waals surface area contributed by atoms with Crippen LogP contribution in [0, 0.1) is 5.92 Å². The second kappa shape index (κ2) is 5.83. The molecular formula is C18H19N3O2. The monoisotopic (exact) mass is 309 g/mol. The molecule has 0 spiro atoms. The summed E-state index contributed by atoms with van der Waals surface area (Å²) >= 11 is 0. The number of likely N-dealkylation sites (N-methyl/N-ethyl adjacent to an activating group) is 1. The molecule has 2 heterocycles. The summed E-state index contributed by atoms with van der Waals surface area (Å²) in [5.41, 5.74) is 4.55. The molecular weight excluding hydrogens is 290 g/mol. The first-order chi connectivity index (χ1) is 11.0. The fraction of sp³-hybridized carbons (Fsp3) is 0.278. The van der Waals surface area contributed by atoms with Crippen molar-refractivity contribution in [3.63, 3.8) is 0 Å². The lowest BCUT2D eigenvalue weighted by molar-refractivity contribution is -0.119. The molecule has 3 rings (SSSR count). The summed E-state index contributed by atoms with van der Waals surface area (Å²) in [6.07, 6.45) is 3.82. The fourth-order valence-corrected chi connectivity index (χ4v) is 2.60. The molecule has 0 fully saturated rings. The van der Waals surface area contributed by atoms with Gasteiger partial charge < -0.3 is 10.2 Å². The fourth-order valence-electron chi connectivity index (χ4n) is 2.60. The molecule has 118 valence electrons. The van der Waals surface area contributed by atoms with Crippen molar-refractivity contribution < 1.29 is 9.59 Å². The lowest BCUT2D eigenvalue weighted by atomic mass is 10.0. The van der Waals surface area contributed by atoms with E-state index < -0.39 is 0 Å². The van der Waals surface area contributed by atoms with Crippen molar-refractivity contribution in [2.24, 2.45) is 5.92 Å². The number of pyridine rings is 1. The maximum Gasteiger partial charge on any atom is 0.231 e. The Kier molecular flexibility index (Phi) is 3.86. The van der Waals surface area contributed by atoms with Gasteiger partial charge in [0.1, 0.15) is 0 Å². The highest BCUT2D eigenvalue weighted by atomic mass is 16.2. The second-order valence-electron chi connectivity index (χ2n) is 6.08. The smallest absolute Gasteiger partial charge is 0.231 e. The van der Waals surface area contributed by atoms with Crippen LogP contribution in [0.25, 0.3) is 11.1 Å². The van der Waals surface area contributed by atoms with Gasteiger partial charge in [-0.15, -0.1) is 0 Å². The zero-order valence-corrected chi connectivity index (χ0v) is 13.5. The number of benzene rings is 1. The summed E-state index contributed by atoms with van der Waals surface area (Å²) < 4.78 is 0. The molecule has 5 heteroatoms. The number of nitrogens with one attached hydrogen (secondary N) is 1. The molecule has 0 saturated heterocycles. The van der Waals surface area contributed by atoms with Crippen molar-refractivity contribution >= 4 is 23.2 Å². The average molecular weight is 309 g/mol. The Morgan fingerprint density at radius 3 is 2.74 bits per heavy atom. The van der Waals surface area contributed by atoms with Crippen LogP contribution < -0.4 is 10.2 Å². The Morgan fingerprint density at radius 1 is 1.22 bits per heavy atom. The van der Waals surface area contributed by atoms with Gasteiger partial charge >= 0.3 is 0 Å². The largest absolute Gasteiger partial charge is 0.324 e. The number of carbonyl (C=O) groups excluding carboxylic acids is 2. The first-order valence-corrected chi connectivity index (χ1v) is 7.61. The maximum atomic E-state index is 11.8. The van der Waals surface area contributed by atoms with Gasteiger partial charge in [-0.25, -0.2) is 0 Å². The molecule has 1 aliphatic heterocycles. The van der Waals surface area contributed by atoms with Crippen LogP contribution in [0.1, 0.15) is 19.4 Å². The van der Waals surface area contributed by atoms with E-state index in [9.17, 15) is 9.59 Å². The van der Waals surface area contributed by atoms with E-state index in [1.54, 1.807) is 24.3 Å². The van der Waals surface area contributed by atoms with Crippen molar-refractivity contribution in [1.29, 1.82) is 0 Å². The molecule has 5 nitrogen and oxygen atoms in total. The SMILES string of the molecule is CC(C)C(=O)Nc1cncc(-c2ccc3c(c2)CC(=O)N3C)c1. The van der Waals surface area contributed by atoms with Crippen molar-refractivity contribution in [3.05, 3.63) is 42.2 Å². The van der Waals surface area contributed by atoms with Crippen LogP contribution in [0.4, 0.5) is 11.4 Å². The molecule has 2 amide bonds. The first-order valence-electron chi connectivity index (χ1n) is 7.61. The number of fused-ring (bicyclic) bond motifs is 1. The molecule has 0 radical (unpaired) electrons. The van der Waals surface area contributed by atoms with Crippen LogP contribution >= 0.6 is 0 Å². The summed E-state index contributed by atoms with van der Waals surface area (Å²) in [5.74, 6) is -0.0152. The number of hydrogen-bond acceptors (Lipinski definition) is 3. The van der Waals surface area contributed by atoms with E-state index in [1.165, 1.54) is 0 Å². The molecule has 0 atom stereocenters. The molecule has 2 aromatic rings. The number of amides is 2. The Hall–Kier alpha value is -2.69. The van der Waals surface area contributed by atoms with E-state index in [0.717, 1.165) is 22.4 Å². The van der Waals surface area contributed by atoms with E-state index in [0.29, 0.717) is 12.1 Å². The minimum atomic E-state index is -0.0831. The van der Waals surface area contributed by atoms with E-state index in [4.69, 9.17) is 0 Å². The van der Waals surface area contributed by atoms with Gasteiger partial charge in [0.15, 0.2) is 0 Å². The Morgan fingerprint density at radius 2 is 2.00 bits per heavy atom. The number of anilines is 2. The van der Waals surface area contributed by atoms with E-state index in [-0.39, 0.29) is 17.7 Å². The van der Waals surface area contributed by atoms with Gasteiger partial charge in [0.2, 0.25) is 11.8 Å². The summed E-state index contributed by atoms with van der Waals surface area (Å²) in [6.45, 7) is 3.70. The van der Waals surface area contributed by atoms with Crippen molar-refractivity contribution in [2.75, 3.05) is 17.3 Å². The van der Waals surface area contributed by atoms with Gasteiger partial charge in [0.05, 0.1) is 18.3 Å². The van der Waals surface area contributed by atoms with Gasteiger partial charge in [-0.2, -0.15) is 0 Å². The van der Waals surface area contributed by atoms with E-state index in [2.05, 4.69) is 10.3 Å². The zero-order valence-electron chi connectivity index (χ0n) is 13.5. The van der Waals surface area contributed by atoms with Gasteiger partial charge in [0, 0.05) is 30.4 Å². The molecule has 0 aliphatic carbocycles. The van der Waals surface area contributed by atoms with E-state index >= 15 is 0 Å². The first kappa shape index (κ1) is 15.2. The lowest BCUT2D eigenvalue weighted by Gasteiger charge is -2.11. The van der Waals surface area contributed by atoms with Crippen molar-refractivity contribution in [3.8, 4) is 11.1 Å². The third-order valence-electron chi connectivity index (χ3n) is 4.02. The molecule has 1 N–H and O–H groups in total. The number of carbonyl (C=O) groups is 2. The Bertz CT molecular complexity index is 784. The van der Waals surface area contributed by atoms with Crippen LogP contribution in [0.5, 0.6) is 0 Å². The molecule has 1 aromatic carbocycles. The highest BCUT2D eigenvalue weighted by Crippen LogP contribution is 2.32. The standard InChI is InChI=1S/C18H19N3O2/c1-11(2)18(23)20-15-7-14(9-19-10-15)12-4-5-16-13(6-12)8-17(22)21(16)3/h4-7,9-11H,8H2,1-3H3,(H,20,23). The molecule has 0 unspecified atom stereocenters. The third kappa shape index (κ3) is 2.95. The van der Waals surface area contributed by atoms with E-state index in [1.807, 2.05) is 38.1 Å².